The van der Waals surface area contributed by atoms with Crippen LogP contribution in [0.4, 0.5) is 0 Å². The van der Waals surface area contributed by atoms with Gasteiger partial charge in [-0.05, 0) is 97.2 Å². The molecule has 0 N–H and O–H groups in total. The van der Waals surface area contributed by atoms with Gasteiger partial charge in [0.1, 0.15) is 11.3 Å². The Bertz CT molecular complexity index is 2570. The lowest BCUT2D eigenvalue weighted by molar-refractivity contribution is -0.708. The normalized spacial score (nSPS) is 16.9. The fourth-order valence-electron chi connectivity index (χ4n) is 9.01. The highest BCUT2D eigenvalue weighted by molar-refractivity contribution is 6.89. The first-order chi connectivity index (χ1) is 25.4. The monoisotopic (exact) mass is 711 g/mol. The Morgan fingerprint density at radius 3 is 2.47 bits per heavy atom. The molecule has 2 unspecified atom stereocenters. The van der Waals surface area contributed by atoms with E-state index < -0.39 is 8.07 Å². The van der Waals surface area contributed by atoms with E-state index in [1.54, 1.807) is 0 Å². The van der Waals surface area contributed by atoms with E-state index in [1.165, 1.54) is 27.6 Å². The maximum absolute atomic E-state index is 10.6. The minimum atomic E-state index is -1.72. The highest BCUT2D eigenvalue weighted by Crippen LogP contribution is 2.46. The number of hydrogen-bond donors (Lipinski definition) is 0. The van der Waals surface area contributed by atoms with Crippen molar-refractivity contribution in [2.45, 2.75) is 78.6 Å². The second kappa shape index (κ2) is 12.9. The SMILES string of the molecule is C=CC1=NC(=C)C2C(CCc3cc(C#N)c4c(oc5nc(-c6c(C)cccc6C)ccc54)c31)c1ccccc1-c1cc(CC(C)C)c([Si](C)(C)C)c[n+]12. The Morgan fingerprint density at radius 1 is 1.02 bits per heavy atom. The lowest BCUT2D eigenvalue weighted by Gasteiger charge is -2.32. The third-order valence-corrected chi connectivity index (χ3v) is 13.4. The number of aliphatic imine (C=N–C) groups is 1. The van der Waals surface area contributed by atoms with E-state index in [2.05, 4.69) is 119 Å². The van der Waals surface area contributed by atoms with Gasteiger partial charge < -0.3 is 4.42 Å². The average Bonchev–Trinajstić information content (AvgIpc) is 3.52. The first kappa shape index (κ1) is 34.7. The van der Waals surface area contributed by atoms with Crippen molar-refractivity contribution in [1.29, 1.82) is 5.26 Å². The van der Waals surface area contributed by atoms with Gasteiger partial charge in [0.2, 0.25) is 17.4 Å². The first-order valence-electron chi connectivity index (χ1n) is 18.8. The molecule has 3 aromatic carbocycles. The molecule has 6 aromatic rings. The third-order valence-electron chi connectivity index (χ3n) is 11.3. The van der Waals surface area contributed by atoms with E-state index in [0.29, 0.717) is 28.5 Å². The Hall–Kier alpha value is -5.38. The van der Waals surface area contributed by atoms with Gasteiger partial charge in [-0.25, -0.2) is 9.98 Å². The quantitative estimate of drug-likeness (QED) is 0.132. The minimum absolute atomic E-state index is 0.0875. The fourth-order valence-corrected chi connectivity index (χ4v) is 10.7. The number of furan rings is 1. The number of benzene rings is 3. The van der Waals surface area contributed by atoms with Gasteiger partial charge >= 0.3 is 0 Å². The largest absolute Gasteiger partial charge is 0.437 e. The molecule has 0 spiro atoms. The fraction of sp³-hybridized carbons (Fsp3) is 0.277. The van der Waals surface area contributed by atoms with Crippen LogP contribution >= 0.6 is 0 Å². The number of hydrogen-bond acceptors (Lipinski definition) is 4. The summed E-state index contributed by atoms with van der Waals surface area (Å²) in [5.41, 5.74) is 14.7. The summed E-state index contributed by atoms with van der Waals surface area (Å²) in [5.74, 6) is 0.681. The Labute approximate surface area is 314 Å². The van der Waals surface area contributed by atoms with Crippen molar-refractivity contribution in [1.82, 2.24) is 4.98 Å². The second-order valence-corrected chi connectivity index (χ2v) is 21.5. The number of aryl methyl sites for hydroxylation is 3. The number of fused-ring (bicyclic) bond motifs is 11. The lowest BCUT2D eigenvalue weighted by Crippen LogP contribution is -2.54. The Morgan fingerprint density at radius 2 is 1.77 bits per heavy atom. The molecule has 0 saturated carbocycles. The van der Waals surface area contributed by atoms with Crippen molar-refractivity contribution in [2.24, 2.45) is 10.9 Å². The van der Waals surface area contributed by atoms with E-state index in [4.69, 9.17) is 21.0 Å². The molecule has 0 bridgehead atoms. The van der Waals surface area contributed by atoms with Gasteiger partial charge in [0.15, 0.2) is 6.20 Å². The van der Waals surface area contributed by atoms with Gasteiger partial charge in [-0.2, -0.15) is 9.83 Å². The van der Waals surface area contributed by atoms with E-state index >= 15 is 0 Å². The van der Waals surface area contributed by atoms with Gasteiger partial charge in [0, 0.05) is 38.7 Å². The molecule has 8 rings (SSSR count). The minimum Gasteiger partial charge on any atom is -0.437 e. The van der Waals surface area contributed by atoms with E-state index in [-0.39, 0.29) is 12.0 Å². The molecule has 5 nitrogen and oxygen atoms in total. The molecule has 264 valence electrons. The summed E-state index contributed by atoms with van der Waals surface area (Å²) >= 11 is 0. The summed E-state index contributed by atoms with van der Waals surface area (Å²) in [6, 6.07) is 26.2. The summed E-state index contributed by atoms with van der Waals surface area (Å²) in [6.07, 6.45) is 6.91. The van der Waals surface area contributed by atoms with Crippen molar-refractivity contribution in [2.75, 3.05) is 0 Å². The molecule has 0 aliphatic carbocycles. The van der Waals surface area contributed by atoms with Crippen LogP contribution in [0.2, 0.25) is 19.6 Å². The lowest BCUT2D eigenvalue weighted by atomic mass is 9.78. The van der Waals surface area contributed by atoms with Crippen LogP contribution in [0, 0.1) is 31.1 Å². The molecule has 2 atom stereocenters. The molecular formula is C47H47N4OSi+. The molecule has 2 aliphatic heterocycles. The third kappa shape index (κ3) is 5.70. The van der Waals surface area contributed by atoms with Crippen LogP contribution in [0.1, 0.15) is 71.2 Å². The number of nitrogens with zero attached hydrogens (tertiary/aromatic N) is 4. The molecule has 0 radical (unpaired) electrons. The summed E-state index contributed by atoms with van der Waals surface area (Å²) < 4.78 is 9.24. The zero-order chi connectivity index (χ0) is 37.3. The highest BCUT2D eigenvalue weighted by atomic mass is 28.3. The highest BCUT2D eigenvalue weighted by Gasteiger charge is 2.44. The Balaban J connectivity index is 1.36. The predicted octanol–water partition coefficient (Wildman–Crippen LogP) is 10.6. The smallest absolute Gasteiger partial charge is 0.227 e. The Kier molecular flexibility index (Phi) is 8.46. The standard InChI is InChI=1S/C47H47N4OSi/c1-10-38-44-31(23-33(25-48)43-37-20-21-39(50-47(37)52-46(43)44)42-28(4)14-13-15-29(42)5)18-19-36-34-16-11-12-17-35(34)40-24-32(22-27(2)3)41(53(7,8)9)26-51(40)45(36)30(6)49-38/h10-17,20-21,23-24,26-27,36,45H,1,6,18-19,22H2,2-5,7-9H3/q+1. The molecule has 0 saturated heterocycles. The van der Waals surface area contributed by atoms with Crippen molar-refractivity contribution in [3.63, 3.8) is 0 Å². The van der Waals surface area contributed by atoms with Crippen molar-refractivity contribution in [3.8, 4) is 28.6 Å². The molecule has 6 heteroatoms. The molecule has 3 aromatic heterocycles. The van der Waals surface area contributed by atoms with Crippen LogP contribution in [0.15, 0.2) is 107 Å². The molecular weight excluding hydrogens is 665 g/mol. The first-order valence-corrected chi connectivity index (χ1v) is 22.3. The van der Waals surface area contributed by atoms with Crippen molar-refractivity contribution in [3.05, 3.63) is 137 Å². The van der Waals surface area contributed by atoms with Crippen molar-refractivity contribution < 1.29 is 8.98 Å². The number of pyridine rings is 2. The molecule has 2 aliphatic rings. The summed E-state index contributed by atoms with van der Waals surface area (Å²) in [6.45, 7) is 25.2. The van der Waals surface area contributed by atoms with Gasteiger partial charge in [-0.15, -0.1) is 0 Å². The van der Waals surface area contributed by atoms with Crippen LogP contribution < -0.4 is 9.75 Å². The summed E-state index contributed by atoms with van der Waals surface area (Å²) in [7, 11) is -1.72. The van der Waals surface area contributed by atoms with Gasteiger partial charge in [-0.1, -0.05) is 83.0 Å². The topological polar surface area (TPSA) is 66.1 Å². The number of aromatic nitrogens is 2. The zero-order valence-corrected chi connectivity index (χ0v) is 33.0. The zero-order valence-electron chi connectivity index (χ0n) is 32.0. The number of nitriles is 1. The predicted molar refractivity (Wildman–Crippen MR) is 221 cm³/mol. The van der Waals surface area contributed by atoms with Crippen LogP contribution in [0.3, 0.4) is 0 Å². The number of allylic oxidation sites excluding steroid dienone is 2. The van der Waals surface area contributed by atoms with Gasteiger partial charge in [0.25, 0.3) is 0 Å². The van der Waals surface area contributed by atoms with E-state index in [9.17, 15) is 5.26 Å². The van der Waals surface area contributed by atoms with Gasteiger partial charge in [0.05, 0.1) is 37.0 Å². The van der Waals surface area contributed by atoms with Crippen LogP contribution in [0.5, 0.6) is 0 Å². The summed E-state index contributed by atoms with van der Waals surface area (Å²) in [4.78, 5) is 10.4. The molecule has 53 heavy (non-hydrogen) atoms. The summed E-state index contributed by atoms with van der Waals surface area (Å²) in [5, 5.41) is 13.7. The molecule has 0 amide bonds. The van der Waals surface area contributed by atoms with Crippen LogP contribution in [-0.2, 0) is 12.8 Å². The van der Waals surface area contributed by atoms with Crippen molar-refractivity contribution >= 4 is 41.0 Å². The maximum atomic E-state index is 10.6. The maximum Gasteiger partial charge on any atom is 0.227 e. The van der Waals surface area contributed by atoms with Gasteiger partial charge in [-0.3, -0.25) is 0 Å². The average molecular weight is 712 g/mol. The second-order valence-electron chi connectivity index (χ2n) is 16.4. The molecule has 0 fully saturated rings. The number of rotatable bonds is 5. The van der Waals surface area contributed by atoms with E-state index in [1.807, 2.05) is 24.3 Å². The van der Waals surface area contributed by atoms with Crippen LogP contribution in [-0.4, -0.2) is 18.8 Å². The van der Waals surface area contributed by atoms with Crippen LogP contribution in [0.25, 0.3) is 44.6 Å². The van der Waals surface area contributed by atoms with E-state index in [0.717, 1.165) is 69.2 Å². The molecule has 5 heterocycles.